The topological polar surface area (TPSA) is 104 Å². The number of hydrogen-bond donors (Lipinski definition) is 2. The lowest BCUT2D eigenvalue weighted by Crippen LogP contribution is -2.34. The second kappa shape index (κ2) is 10.3. The predicted molar refractivity (Wildman–Crippen MR) is 136 cm³/mol. The van der Waals surface area contributed by atoms with Crippen molar-refractivity contribution in [2.75, 3.05) is 33.8 Å². The van der Waals surface area contributed by atoms with Crippen molar-refractivity contribution in [3.8, 4) is 34.5 Å². The smallest absolute Gasteiger partial charge is 0.257 e. The molecule has 0 saturated heterocycles. The summed E-state index contributed by atoms with van der Waals surface area (Å²) < 4.78 is 26.9. The largest absolute Gasteiger partial charge is 0.497 e. The fourth-order valence-electron chi connectivity index (χ4n) is 3.41. The Morgan fingerprint density at radius 3 is 2.17 bits per heavy atom. The van der Waals surface area contributed by atoms with Crippen LogP contribution in [0, 0.1) is 0 Å². The zero-order valence-corrected chi connectivity index (χ0v) is 20.3. The first-order chi connectivity index (χ1) is 16.9. The molecule has 4 rings (SSSR count). The zero-order valence-electron chi connectivity index (χ0n) is 19.5. The second-order valence-electron chi connectivity index (χ2n) is 7.25. The van der Waals surface area contributed by atoms with Gasteiger partial charge >= 0.3 is 0 Å². The summed E-state index contributed by atoms with van der Waals surface area (Å²) in [4.78, 5) is 17.3. The molecule has 0 aliphatic heterocycles. The molecule has 0 aliphatic carbocycles. The summed E-state index contributed by atoms with van der Waals surface area (Å²) in [5.74, 6) is 1.91. The monoisotopic (exact) mass is 493 g/mol. The normalized spacial score (nSPS) is 10.5. The van der Waals surface area contributed by atoms with Crippen LogP contribution >= 0.6 is 12.2 Å². The van der Waals surface area contributed by atoms with Crippen molar-refractivity contribution < 1.29 is 28.2 Å². The lowest BCUT2D eigenvalue weighted by atomic mass is 10.1. The Bertz CT molecular complexity index is 1360. The summed E-state index contributed by atoms with van der Waals surface area (Å²) in [5.41, 5.74) is 3.01. The summed E-state index contributed by atoms with van der Waals surface area (Å²) in [7, 11) is 6.06. The van der Waals surface area contributed by atoms with Gasteiger partial charge in [-0.25, -0.2) is 4.98 Å². The minimum absolute atomic E-state index is 0.113. The molecule has 0 spiro atoms. The molecule has 0 bridgehead atoms. The van der Waals surface area contributed by atoms with Crippen molar-refractivity contribution >= 4 is 40.0 Å². The van der Waals surface area contributed by atoms with E-state index in [9.17, 15) is 4.79 Å². The molecule has 9 nitrogen and oxygen atoms in total. The summed E-state index contributed by atoms with van der Waals surface area (Å²) in [5, 5.41) is 5.75. The van der Waals surface area contributed by atoms with Crippen LogP contribution in [-0.4, -0.2) is 44.4 Å². The third-order valence-electron chi connectivity index (χ3n) is 5.14. The van der Waals surface area contributed by atoms with Crippen molar-refractivity contribution in [1.29, 1.82) is 0 Å². The highest BCUT2D eigenvalue weighted by atomic mass is 32.1. The number of hydrogen-bond acceptors (Lipinski definition) is 8. The van der Waals surface area contributed by atoms with Gasteiger partial charge in [0.1, 0.15) is 11.3 Å². The SMILES string of the molecule is COc1ccc(-c2nc3cc(NC(=S)NC(=O)c4cc(OC)c(OC)c(OC)c4)ccc3o2)cc1. The van der Waals surface area contributed by atoms with Crippen LogP contribution in [0.3, 0.4) is 0 Å². The molecule has 3 aromatic carbocycles. The number of amides is 1. The van der Waals surface area contributed by atoms with E-state index in [0.717, 1.165) is 11.3 Å². The van der Waals surface area contributed by atoms with Gasteiger partial charge < -0.3 is 28.7 Å². The maximum atomic E-state index is 12.8. The number of thiocarbonyl (C=S) groups is 1. The number of rotatable bonds is 7. The van der Waals surface area contributed by atoms with Gasteiger partial charge in [-0.3, -0.25) is 10.1 Å². The Balaban J connectivity index is 1.48. The van der Waals surface area contributed by atoms with Gasteiger partial charge in [0.15, 0.2) is 22.2 Å². The molecule has 0 atom stereocenters. The van der Waals surface area contributed by atoms with Gasteiger partial charge in [-0.15, -0.1) is 0 Å². The van der Waals surface area contributed by atoms with Crippen molar-refractivity contribution in [1.82, 2.24) is 10.3 Å². The van der Waals surface area contributed by atoms with Gasteiger partial charge in [0.25, 0.3) is 5.91 Å². The average Bonchev–Trinajstić information content (AvgIpc) is 3.31. The third-order valence-corrected chi connectivity index (χ3v) is 5.34. The number of oxazole rings is 1. The summed E-state index contributed by atoms with van der Waals surface area (Å²) in [6, 6.07) is 15.9. The van der Waals surface area contributed by atoms with E-state index in [1.165, 1.54) is 21.3 Å². The third kappa shape index (κ3) is 5.12. The molecule has 4 aromatic rings. The molecule has 1 amide bonds. The van der Waals surface area contributed by atoms with Gasteiger partial charge in [-0.1, -0.05) is 0 Å². The Kier molecular flexibility index (Phi) is 7.02. The molecule has 35 heavy (non-hydrogen) atoms. The van der Waals surface area contributed by atoms with Crippen molar-refractivity contribution in [2.45, 2.75) is 0 Å². The number of anilines is 1. The predicted octanol–water partition coefficient (Wildman–Crippen LogP) is 4.66. The molecule has 10 heteroatoms. The number of carbonyl (C=O) groups excluding carboxylic acids is 1. The second-order valence-corrected chi connectivity index (χ2v) is 7.66. The lowest BCUT2D eigenvalue weighted by molar-refractivity contribution is 0.0977. The van der Waals surface area contributed by atoms with Gasteiger partial charge in [-0.2, -0.15) is 0 Å². The van der Waals surface area contributed by atoms with Crippen LogP contribution in [0.1, 0.15) is 10.4 Å². The van der Waals surface area contributed by atoms with Crippen molar-refractivity contribution in [2.24, 2.45) is 0 Å². The van der Waals surface area contributed by atoms with Crippen LogP contribution in [0.4, 0.5) is 5.69 Å². The Hall–Kier alpha value is -4.31. The van der Waals surface area contributed by atoms with E-state index in [2.05, 4.69) is 15.6 Å². The van der Waals surface area contributed by atoms with E-state index in [1.54, 1.807) is 37.4 Å². The van der Waals surface area contributed by atoms with Crippen molar-refractivity contribution in [3.05, 3.63) is 60.2 Å². The quantitative estimate of drug-likeness (QED) is 0.356. The summed E-state index contributed by atoms with van der Waals surface area (Å²) in [6.07, 6.45) is 0. The first-order valence-corrected chi connectivity index (χ1v) is 10.8. The molecule has 180 valence electrons. The van der Waals surface area contributed by atoms with Crippen LogP contribution in [0.25, 0.3) is 22.6 Å². The molecule has 0 radical (unpaired) electrons. The first kappa shape index (κ1) is 23.8. The van der Waals surface area contributed by atoms with E-state index in [1.807, 2.05) is 24.3 Å². The number of benzene rings is 3. The van der Waals surface area contributed by atoms with Gasteiger partial charge in [-0.05, 0) is 66.8 Å². The van der Waals surface area contributed by atoms with Gasteiger partial charge in [0.2, 0.25) is 11.6 Å². The Morgan fingerprint density at radius 1 is 0.886 bits per heavy atom. The summed E-state index contributed by atoms with van der Waals surface area (Å²) >= 11 is 5.33. The molecular formula is C25H23N3O6S. The standard InChI is InChI=1S/C25H23N3O6S/c1-30-17-8-5-14(6-9-17)24-27-18-13-16(7-10-19(18)34-24)26-25(35)28-23(29)15-11-20(31-2)22(33-4)21(12-15)32-3/h5-13H,1-4H3,(H2,26,28,29,35). The highest BCUT2D eigenvalue weighted by Crippen LogP contribution is 2.38. The van der Waals surface area contributed by atoms with Gasteiger partial charge in [0.05, 0.1) is 28.4 Å². The van der Waals surface area contributed by atoms with Gasteiger partial charge in [0, 0.05) is 16.8 Å². The molecule has 1 aromatic heterocycles. The molecule has 1 heterocycles. The number of nitrogens with zero attached hydrogens (tertiary/aromatic N) is 1. The lowest BCUT2D eigenvalue weighted by Gasteiger charge is -2.14. The zero-order chi connectivity index (χ0) is 24.9. The minimum atomic E-state index is -0.439. The number of fused-ring (bicyclic) bond motifs is 1. The van der Waals surface area contributed by atoms with E-state index in [0.29, 0.717) is 45.5 Å². The number of aromatic nitrogens is 1. The maximum absolute atomic E-state index is 12.8. The molecule has 0 saturated carbocycles. The van der Waals surface area contributed by atoms with Crippen LogP contribution in [-0.2, 0) is 0 Å². The highest BCUT2D eigenvalue weighted by Gasteiger charge is 2.18. The Morgan fingerprint density at radius 2 is 1.57 bits per heavy atom. The average molecular weight is 494 g/mol. The van der Waals surface area contributed by atoms with E-state index >= 15 is 0 Å². The fraction of sp³-hybridized carbons (Fsp3) is 0.160. The molecular weight excluding hydrogens is 470 g/mol. The number of ether oxygens (including phenoxy) is 4. The number of carbonyl (C=O) groups is 1. The first-order valence-electron chi connectivity index (χ1n) is 10.4. The van der Waals surface area contributed by atoms with Crippen LogP contribution in [0.15, 0.2) is 59.0 Å². The molecule has 0 fully saturated rings. The molecule has 0 unspecified atom stereocenters. The molecule has 2 N–H and O–H groups in total. The van der Waals surface area contributed by atoms with Crippen LogP contribution in [0.5, 0.6) is 23.0 Å². The number of methoxy groups -OCH3 is 4. The maximum Gasteiger partial charge on any atom is 0.257 e. The van der Waals surface area contributed by atoms with Crippen LogP contribution < -0.4 is 29.6 Å². The van der Waals surface area contributed by atoms with Crippen LogP contribution in [0.2, 0.25) is 0 Å². The summed E-state index contributed by atoms with van der Waals surface area (Å²) in [6.45, 7) is 0. The Labute approximate surface area is 207 Å². The highest BCUT2D eigenvalue weighted by molar-refractivity contribution is 7.80. The minimum Gasteiger partial charge on any atom is -0.497 e. The number of nitrogens with one attached hydrogen (secondary N) is 2. The van der Waals surface area contributed by atoms with E-state index < -0.39 is 5.91 Å². The fourth-order valence-corrected chi connectivity index (χ4v) is 3.62. The van der Waals surface area contributed by atoms with E-state index in [-0.39, 0.29) is 5.11 Å². The van der Waals surface area contributed by atoms with E-state index in [4.69, 9.17) is 35.6 Å². The van der Waals surface area contributed by atoms with Crippen molar-refractivity contribution in [3.63, 3.8) is 0 Å². The molecule has 0 aliphatic rings.